The number of nitriles is 1. The Kier molecular flexibility index (Phi) is 6.57. The number of hydrogen-bond donors (Lipinski definition) is 2. The minimum Gasteiger partial charge on any atom is -0.350 e. The molecule has 0 unspecified atom stereocenters. The van der Waals surface area contributed by atoms with Crippen molar-refractivity contribution in [1.29, 1.82) is 5.26 Å². The van der Waals surface area contributed by atoms with E-state index in [9.17, 15) is 14.9 Å². The number of likely N-dealkylation sites (N-methyl/N-ethyl adjacent to an activating group) is 1. The van der Waals surface area contributed by atoms with Gasteiger partial charge in [-0.3, -0.25) is 14.5 Å². The van der Waals surface area contributed by atoms with E-state index in [0.29, 0.717) is 12.8 Å². The van der Waals surface area contributed by atoms with Crippen molar-refractivity contribution in [3.63, 3.8) is 0 Å². The van der Waals surface area contributed by atoms with E-state index in [1.807, 2.05) is 20.8 Å². The number of carbonyl (C=O) groups excluding carboxylic acids is 2. The van der Waals surface area contributed by atoms with Crippen molar-refractivity contribution >= 4 is 11.8 Å². The van der Waals surface area contributed by atoms with E-state index in [0.717, 1.165) is 19.3 Å². The third kappa shape index (κ3) is 6.19. The molecule has 6 nitrogen and oxygen atoms in total. The van der Waals surface area contributed by atoms with Gasteiger partial charge in [0.05, 0.1) is 18.7 Å². The summed E-state index contributed by atoms with van der Waals surface area (Å²) in [6, 6.07) is 1.82. The van der Waals surface area contributed by atoms with Crippen molar-refractivity contribution in [3.8, 4) is 6.07 Å². The van der Waals surface area contributed by atoms with Gasteiger partial charge in [0.2, 0.25) is 11.8 Å². The molecule has 0 radical (unpaired) electrons. The van der Waals surface area contributed by atoms with E-state index in [2.05, 4.69) is 16.7 Å². The number of carbonyl (C=O) groups is 2. The van der Waals surface area contributed by atoms with Crippen LogP contribution in [0.5, 0.6) is 0 Å². The fourth-order valence-corrected chi connectivity index (χ4v) is 2.78. The van der Waals surface area contributed by atoms with Crippen LogP contribution in [0.1, 0.15) is 59.8 Å². The summed E-state index contributed by atoms with van der Waals surface area (Å²) in [5.41, 5.74) is -1.03. The van der Waals surface area contributed by atoms with Crippen LogP contribution < -0.4 is 10.6 Å². The van der Waals surface area contributed by atoms with Crippen molar-refractivity contribution in [1.82, 2.24) is 15.5 Å². The lowest BCUT2D eigenvalue weighted by molar-refractivity contribution is -0.129. The summed E-state index contributed by atoms with van der Waals surface area (Å²) >= 11 is 0. The maximum atomic E-state index is 12.4. The van der Waals surface area contributed by atoms with Gasteiger partial charge in [-0.2, -0.15) is 5.26 Å². The first-order valence-corrected chi connectivity index (χ1v) is 8.33. The number of rotatable bonds is 5. The molecule has 0 aromatic carbocycles. The Morgan fingerprint density at radius 3 is 2.30 bits per heavy atom. The molecular formula is C17H30N4O2. The average Bonchev–Trinajstić information content (AvgIpc) is 2.45. The molecule has 130 valence electrons. The first kappa shape index (κ1) is 19.4. The first-order chi connectivity index (χ1) is 10.6. The summed E-state index contributed by atoms with van der Waals surface area (Å²) in [6.07, 6.45) is 4.45. The maximum absolute atomic E-state index is 12.4. The second kappa shape index (κ2) is 7.78. The lowest BCUT2D eigenvalue weighted by atomic mass is 9.82. The molecule has 1 rings (SSSR count). The highest BCUT2D eigenvalue weighted by molar-refractivity contribution is 5.84. The average molecular weight is 322 g/mol. The second-order valence-electron chi connectivity index (χ2n) is 7.63. The third-order valence-electron chi connectivity index (χ3n) is 4.23. The van der Waals surface area contributed by atoms with Crippen molar-refractivity contribution in [2.24, 2.45) is 0 Å². The van der Waals surface area contributed by atoms with Crippen LogP contribution in [0, 0.1) is 11.3 Å². The van der Waals surface area contributed by atoms with Crippen LogP contribution in [0.3, 0.4) is 0 Å². The highest BCUT2D eigenvalue weighted by Gasteiger charge is 2.35. The molecule has 1 aliphatic carbocycles. The number of hydrogen-bond acceptors (Lipinski definition) is 4. The summed E-state index contributed by atoms with van der Waals surface area (Å²) in [5, 5.41) is 15.2. The number of amides is 2. The molecule has 23 heavy (non-hydrogen) atoms. The minimum atomic E-state index is -0.738. The van der Waals surface area contributed by atoms with E-state index >= 15 is 0 Å². The Hall–Kier alpha value is -1.61. The topological polar surface area (TPSA) is 85.2 Å². The standard InChI is InChI=1S/C17H30N4O2/c1-13(21(5)11-14(22)19-16(2,3)4)15(23)20-17(12-18)9-7-6-8-10-17/h13H,6-11H2,1-5H3,(H,19,22)(H,20,23)/t13-/m1/s1. The van der Waals surface area contributed by atoms with Gasteiger partial charge in [-0.1, -0.05) is 19.3 Å². The molecule has 1 aliphatic rings. The molecule has 0 bridgehead atoms. The maximum Gasteiger partial charge on any atom is 0.238 e. The Bertz CT molecular complexity index is 470. The van der Waals surface area contributed by atoms with Gasteiger partial charge in [-0.25, -0.2) is 0 Å². The molecule has 1 fully saturated rings. The summed E-state index contributed by atoms with van der Waals surface area (Å²) in [4.78, 5) is 26.1. The van der Waals surface area contributed by atoms with Crippen molar-refractivity contribution in [3.05, 3.63) is 0 Å². The molecule has 2 N–H and O–H groups in total. The van der Waals surface area contributed by atoms with Gasteiger partial charge >= 0.3 is 0 Å². The quantitative estimate of drug-likeness (QED) is 0.804. The molecule has 1 atom stereocenters. The van der Waals surface area contributed by atoms with Gasteiger partial charge < -0.3 is 10.6 Å². The first-order valence-electron chi connectivity index (χ1n) is 8.33. The smallest absolute Gasteiger partial charge is 0.238 e. The lowest BCUT2D eigenvalue weighted by Crippen LogP contribution is -2.55. The van der Waals surface area contributed by atoms with E-state index in [1.54, 1.807) is 18.9 Å². The summed E-state index contributed by atoms with van der Waals surface area (Å²) < 4.78 is 0. The molecule has 1 saturated carbocycles. The molecule has 6 heteroatoms. The van der Waals surface area contributed by atoms with Gasteiger partial charge in [0, 0.05) is 5.54 Å². The Labute approximate surface area is 139 Å². The van der Waals surface area contributed by atoms with Gasteiger partial charge in [-0.05, 0) is 47.6 Å². The molecule has 0 spiro atoms. The normalized spacial score (nSPS) is 18.8. The molecular weight excluding hydrogens is 292 g/mol. The van der Waals surface area contributed by atoms with E-state index in [1.165, 1.54) is 0 Å². The lowest BCUT2D eigenvalue weighted by Gasteiger charge is -2.34. The van der Waals surface area contributed by atoms with Crippen molar-refractivity contribution in [2.75, 3.05) is 13.6 Å². The van der Waals surface area contributed by atoms with Gasteiger partial charge in [0.25, 0.3) is 0 Å². The van der Waals surface area contributed by atoms with E-state index in [-0.39, 0.29) is 23.9 Å². The molecule has 0 aromatic heterocycles. The van der Waals surface area contributed by atoms with Crippen LogP contribution in [0.15, 0.2) is 0 Å². The van der Waals surface area contributed by atoms with Crippen LogP contribution >= 0.6 is 0 Å². The molecule has 0 aromatic rings. The third-order valence-corrected chi connectivity index (χ3v) is 4.23. The molecule has 0 heterocycles. The van der Waals surface area contributed by atoms with Crippen LogP contribution in [0.25, 0.3) is 0 Å². The number of nitrogens with one attached hydrogen (secondary N) is 2. The zero-order valence-corrected chi connectivity index (χ0v) is 15.0. The highest BCUT2D eigenvalue weighted by atomic mass is 16.2. The fourth-order valence-electron chi connectivity index (χ4n) is 2.78. The Morgan fingerprint density at radius 2 is 1.83 bits per heavy atom. The zero-order chi connectivity index (χ0) is 17.7. The summed E-state index contributed by atoms with van der Waals surface area (Å²) in [5.74, 6) is -0.313. The van der Waals surface area contributed by atoms with E-state index < -0.39 is 11.6 Å². The monoisotopic (exact) mass is 322 g/mol. The van der Waals surface area contributed by atoms with Gasteiger partial charge in [0.15, 0.2) is 0 Å². The van der Waals surface area contributed by atoms with Crippen LogP contribution in [0.2, 0.25) is 0 Å². The molecule has 0 aliphatic heterocycles. The predicted octanol–water partition coefficient (Wildman–Crippen LogP) is 1.56. The SMILES string of the molecule is C[C@H](C(=O)NC1(C#N)CCCCC1)N(C)CC(=O)NC(C)(C)C. The predicted molar refractivity (Wildman–Crippen MR) is 89.6 cm³/mol. The summed E-state index contributed by atoms with van der Waals surface area (Å²) in [7, 11) is 1.74. The van der Waals surface area contributed by atoms with Crippen LogP contribution in [0.4, 0.5) is 0 Å². The molecule has 2 amide bonds. The van der Waals surface area contributed by atoms with Crippen LogP contribution in [-0.2, 0) is 9.59 Å². The second-order valence-corrected chi connectivity index (χ2v) is 7.63. The largest absolute Gasteiger partial charge is 0.350 e. The fraction of sp³-hybridized carbons (Fsp3) is 0.824. The van der Waals surface area contributed by atoms with Crippen molar-refractivity contribution < 1.29 is 9.59 Å². The Balaban J connectivity index is 2.58. The van der Waals surface area contributed by atoms with Gasteiger partial charge in [0.1, 0.15) is 5.54 Å². The Morgan fingerprint density at radius 1 is 1.26 bits per heavy atom. The van der Waals surface area contributed by atoms with E-state index in [4.69, 9.17) is 0 Å². The van der Waals surface area contributed by atoms with Crippen molar-refractivity contribution in [2.45, 2.75) is 76.9 Å². The minimum absolute atomic E-state index is 0.118. The summed E-state index contributed by atoms with van der Waals surface area (Å²) in [6.45, 7) is 7.65. The highest BCUT2D eigenvalue weighted by Crippen LogP contribution is 2.27. The zero-order valence-electron chi connectivity index (χ0n) is 15.0. The van der Waals surface area contributed by atoms with Crippen LogP contribution in [-0.4, -0.2) is 47.4 Å². The van der Waals surface area contributed by atoms with Gasteiger partial charge in [-0.15, -0.1) is 0 Å². The molecule has 0 saturated heterocycles. The number of nitrogens with zero attached hydrogens (tertiary/aromatic N) is 2.